The second-order valence-electron chi connectivity index (χ2n) is 17.9. The lowest BCUT2D eigenvalue weighted by Crippen LogP contribution is -2.60. The molecule has 2 N–H and O–H groups in total. The van der Waals surface area contributed by atoms with Crippen molar-refractivity contribution in [1.29, 1.82) is 0 Å². The predicted molar refractivity (Wildman–Crippen MR) is 228 cm³/mol. The van der Waals surface area contributed by atoms with E-state index in [4.69, 9.17) is 28.9 Å². The van der Waals surface area contributed by atoms with E-state index >= 15 is 0 Å². The molecule has 6 bridgehead atoms. The van der Waals surface area contributed by atoms with Gasteiger partial charge in [0.2, 0.25) is 5.91 Å². The molecule has 4 aliphatic heterocycles. The van der Waals surface area contributed by atoms with Crippen LogP contribution in [0.3, 0.4) is 0 Å². The molecule has 1 aliphatic carbocycles. The van der Waals surface area contributed by atoms with Crippen LogP contribution in [0.5, 0.6) is 0 Å². The number of hydrogen-bond acceptors (Lipinski definition) is 11. The molecular formula is C45H60N6O7S. The van der Waals surface area contributed by atoms with Gasteiger partial charge in [-0.2, -0.15) is 0 Å². The predicted octanol–water partition coefficient (Wildman–Crippen LogP) is 6.19. The van der Waals surface area contributed by atoms with Crippen molar-refractivity contribution in [3.8, 4) is 11.3 Å². The first-order valence-electron chi connectivity index (χ1n) is 21.5. The first-order valence-corrected chi connectivity index (χ1v) is 22.5. The number of nitrogens with one attached hydrogen (secondary N) is 2. The third kappa shape index (κ3) is 8.98. The van der Waals surface area contributed by atoms with E-state index in [0.717, 1.165) is 62.6 Å². The summed E-state index contributed by atoms with van der Waals surface area (Å²) in [5, 5.41) is 6.56. The maximum absolute atomic E-state index is 14.2. The summed E-state index contributed by atoms with van der Waals surface area (Å²) in [5.41, 5.74) is 8.90. The Morgan fingerprint density at radius 1 is 1.14 bits per heavy atom. The number of hydrazine groups is 1. The Hall–Kier alpha value is -3.82. The summed E-state index contributed by atoms with van der Waals surface area (Å²) in [6.07, 6.45) is 5.55. The standard InChI is InChI=1S/C45H60N6O7S/c1-26-27(2)39(26)42(52)48-35-22-38-47-36(24-59-38)29-11-12-37-32(21-29)33(23-45(4,5)25-58-44(54)34-10-8-16-51(49-34)43(35)53)41(31-9-7-15-46-40(31)28(3)55-6)50(37)17-20-57-30-13-18-56-19-14-30/h7,9,11-12,15,21,26-28,30,34-36,39,49H,8,10,13-14,16-20,22-25H2,1-6H3,(H,48,52)/t26-,27+,28-,34-,35-,36?,39+/m0/s1. The summed E-state index contributed by atoms with van der Waals surface area (Å²) in [7, 11) is 1.71. The van der Waals surface area contributed by atoms with Crippen LogP contribution in [0, 0.1) is 23.2 Å². The fourth-order valence-electron chi connectivity index (χ4n) is 9.26. The lowest BCUT2D eigenvalue weighted by atomic mass is 9.84. The number of rotatable bonds is 9. The number of carbonyl (C=O) groups excluding carboxylic acids is 3. The van der Waals surface area contributed by atoms with E-state index in [-0.39, 0.29) is 60.8 Å². The minimum Gasteiger partial charge on any atom is -0.464 e. The molecule has 3 aromatic rings. The molecule has 1 aromatic carbocycles. The van der Waals surface area contributed by atoms with Gasteiger partial charge in [-0.3, -0.25) is 29.4 Å². The topological polar surface area (TPSA) is 146 Å². The van der Waals surface area contributed by atoms with E-state index in [1.807, 2.05) is 19.2 Å². The average Bonchev–Trinajstić information content (AvgIpc) is 3.50. The van der Waals surface area contributed by atoms with Crippen LogP contribution in [0.25, 0.3) is 22.2 Å². The highest BCUT2D eigenvalue weighted by Gasteiger charge is 2.49. The molecule has 1 saturated carbocycles. The second-order valence-corrected chi connectivity index (χ2v) is 19.0. The van der Waals surface area contributed by atoms with Crippen molar-refractivity contribution < 1.29 is 33.3 Å². The number of fused-ring (bicyclic) bond motifs is 5. The van der Waals surface area contributed by atoms with Gasteiger partial charge < -0.3 is 28.8 Å². The Labute approximate surface area is 351 Å². The van der Waals surface area contributed by atoms with Gasteiger partial charge in [-0.25, -0.2) is 5.43 Å². The lowest BCUT2D eigenvalue weighted by molar-refractivity contribution is -0.155. The van der Waals surface area contributed by atoms with Crippen molar-refractivity contribution in [2.45, 2.75) is 110 Å². The Morgan fingerprint density at radius 2 is 1.93 bits per heavy atom. The molecule has 318 valence electrons. The maximum Gasteiger partial charge on any atom is 0.324 e. The molecule has 3 fully saturated rings. The van der Waals surface area contributed by atoms with E-state index < -0.39 is 23.5 Å². The minimum absolute atomic E-state index is 0.103. The highest BCUT2D eigenvalue weighted by atomic mass is 32.2. The first kappa shape index (κ1) is 41.9. The number of benzene rings is 1. The lowest BCUT2D eigenvalue weighted by Gasteiger charge is -2.35. The molecule has 8 rings (SSSR count). The fraction of sp³-hybridized carbons (Fsp3) is 0.622. The summed E-state index contributed by atoms with van der Waals surface area (Å²) in [6.45, 7) is 13.6. The molecule has 59 heavy (non-hydrogen) atoms. The summed E-state index contributed by atoms with van der Waals surface area (Å²) in [6, 6.07) is 9.14. The molecule has 2 amide bonds. The molecular weight excluding hydrogens is 769 g/mol. The van der Waals surface area contributed by atoms with Crippen LogP contribution in [-0.2, 0) is 46.3 Å². The largest absolute Gasteiger partial charge is 0.464 e. The number of amides is 2. The van der Waals surface area contributed by atoms with Crippen LogP contribution in [0.2, 0.25) is 0 Å². The Kier molecular flexibility index (Phi) is 12.5. The van der Waals surface area contributed by atoms with Gasteiger partial charge in [-0.15, -0.1) is 11.8 Å². The summed E-state index contributed by atoms with van der Waals surface area (Å²) >= 11 is 1.64. The summed E-state index contributed by atoms with van der Waals surface area (Å²) < 4.78 is 26.5. The van der Waals surface area contributed by atoms with Crippen molar-refractivity contribution in [3.63, 3.8) is 0 Å². The number of hydrogen-bond donors (Lipinski definition) is 2. The van der Waals surface area contributed by atoms with E-state index in [1.165, 1.54) is 5.01 Å². The molecule has 0 radical (unpaired) electrons. The number of ether oxygens (including phenoxy) is 4. The molecule has 2 saturated heterocycles. The number of cyclic esters (lactones) is 1. The van der Waals surface area contributed by atoms with Crippen LogP contribution in [0.4, 0.5) is 0 Å². The summed E-state index contributed by atoms with van der Waals surface area (Å²) in [4.78, 5) is 51.6. The molecule has 5 aliphatic rings. The first-order chi connectivity index (χ1) is 28.4. The van der Waals surface area contributed by atoms with E-state index in [1.54, 1.807) is 18.9 Å². The zero-order chi connectivity index (χ0) is 41.4. The number of thioether (sulfide) groups is 1. The van der Waals surface area contributed by atoms with E-state index in [2.05, 4.69) is 67.3 Å². The zero-order valence-electron chi connectivity index (χ0n) is 35.3. The Bertz CT molecular complexity index is 2070. The van der Waals surface area contributed by atoms with Crippen molar-refractivity contribution in [2.75, 3.05) is 45.8 Å². The Balaban J connectivity index is 1.22. The smallest absolute Gasteiger partial charge is 0.324 e. The van der Waals surface area contributed by atoms with E-state index in [0.29, 0.717) is 52.2 Å². The van der Waals surface area contributed by atoms with Gasteiger partial charge in [0.1, 0.15) is 12.1 Å². The van der Waals surface area contributed by atoms with E-state index in [9.17, 15) is 14.4 Å². The number of aromatic nitrogens is 2. The van der Waals surface area contributed by atoms with Gasteiger partial charge in [0.05, 0.1) is 47.9 Å². The quantitative estimate of drug-likeness (QED) is 0.240. The molecule has 14 heteroatoms. The monoisotopic (exact) mass is 828 g/mol. The maximum atomic E-state index is 14.2. The van der Waals surface area contributed by atoms with Gasteiger partial charge in [0.25, 0.3) is 5.91 Å². The van der Waals surface area contributed by atoms with Crippen molar-refractivity contribution >= 4 is 45.5 Å². The highest BCUT2D eigenvalue weighted by molar-refractivity contribution is 8.14. The van der Waals surface area contributed by atoms with Crippen LogP contribution in [-0.4, -0.2) is 101 Å². The zero-order valence-corrected chi connectivity index (χ0v) is 36.1. The third-order valence-corrected chi connectivity index (χ3v) is 14.2. The van der Waals surface area contributed by atoms with Gasteiger partial charge in [-0.1, -0.05) is 33.8 Å². The molecule has 0 spiro atoms. The van der Waals surface area contributed by atoms with Gasteiger partial charge in [0, 0.05) is 79.6 Å². The number of carbonyl (C=O) groups is 3. The normalized spacial score (nSPS) is 28.2. The van der Waals surface area contributed by atoms with Gasteiger partial charge in [0.15, 0.2) is 0 Å². The molecule has 2 aromatic heterocycles. The number of esters is 1. The number of pyridine rings is 1. The fourth-order valence-corrected chi connectivity index (χ4v) is 10.4. The van der Waals surface area contributed by atoms with Crippen LogP contribution >= 0.6 is 11.8 Å². The molecule has 7 atom stereocenters. The molecule has 6 heterocycles. The second kappa shape index (κ2) is 17.6. The summed E-state index contributed by atoms with van der Waals surface area (Å²) in [5.74, 6) is 0.392. The average molecular weight is 829 g/mol. The number of methoxy groups -OCH3 is 1. The van der Waals surface area contributed by atoms with Crippen LogP contribution in [0.15, 0.2) is 41.5 Å². The highest BCUT2D eigenvalue weighted by Crippen LogP contribution is 2.46. The van der Waals surface area contributed by atoms with Crippen molar-refractivity contribution in [1.82, 2.24) is 25.3 Å². The Morgan fingerprint density at radius 3 is 2.69 bits per heavy atom. The third-order valence-electron chi connectivity index (χ3n) is 13.1. The SMILES string of the molecule is CO[C@@H](C)c1ncccc1-c1c2c3cc(ccc3n1CCOC1CCOCC1)C1CSC(=N1)C[C@H](NC(=O)[C@H]1[C@H](C)[C@@H]1C)C(=O)N1CCC[C@H](N1)C(=O)OCC(C)(C)C2. The van der Waals surface area contributed by atoms with Crippen LogP contribution in [0.1, 0.15) is 95.7 Å². The minimum atomic E-state index is -0.815. The van der Waals surface area contributed by atoms with Gasteiger partial charge in [-0.05, 0) is 86.3 Å². The molecule has 13 nitrogen and oxygen atoms in total. The van der Waals surface area contributed by atoms with Crippen LogP contribution < -0.4 is 10.7 Å². The van der Waals surface area contributed by atoms with Gasteiger partial charge >= 0.3 is 5.97 Å². The van der Waals surface area contributed by atoms with Crippen molar-refractivity contribution in [2.24, 2.45) is 28.2 Å². The molecule has 1 unspecified atom stereocenters. The number of aliphatic imine (C=N–C) groups is 1. The van der Waals surface area contributed by atoms with Crippen molar-refractivity contribution in [3.05, 3.63) is 53.3 Å². The number of nitrogens with zero attached hydrogens (tertiary/aromatic N) is 4.